The molecule has 0 atom stereocenters. The van der Waals surface area contributed by atoms with E-state index in [2.05, 4.69) is 15.0 Å². The minimum Gasteiger partial charge on any atom is -0.443 e. The van der Waals surface area contributed by atoms with Gasteiger partial charge in [0.05, 0.1) is 37.6 Å². The summed E-state index contributed by atoms with van der Waals surface area (Å²) in [5.74, 6) is 0.222. The lowest BCUT2D eigenvalue weighted by Crippen LogP contribution is -2.40. The fraction of sp³-hybridized carbons (Fsp3) is 0.607. The Labute approximate surface area is 249 Å². The van der Waals surface area contributed by atoms with Gasteiger partial charge in [0, 0.05) is 39.3 Å². The zero-order chi connectivity index (χ0) is 30.7. The molecule has 234 valence electrons. The number of carbonyl (C=O) groups excluding carboxylic acids is 1. The molecule has 15 heteroatoms. The molecule has 3 aromatic rings. The predicted molar refractivity (Wildman–Crippen MR) is 158 cm³/mol. The molecule has 43 heavy (non-hydrogen) atoms. The van der Waals surface area contributed by atoms with Gasteiger partial charge in [0.25, 0.3) is 6.43 Å². The topological polar surface area (TPSA) is 114 Å². The highest BCUT2D eigenvalue weighted by atomic mass is 19.3. The van der Waals surface area contributed by atoms with Gasteiger partial charge in [-0.15, -0.1) is 0 Å². The molecular formula is C28H39F2N9O4. The number of anilines is 3. The van der Waals surface area contributed by atoms with Gasteiger partial charge in [-0.1, -0.05) is 6.07 Å². The minimum absolute atomic E-state index is 0.0186. The SMILES string of the molecule is CN(C)CCN(C(=O)OC(C)(C)C)c1cccc2c1nc(C(F)F)n2-c1nc(N2CCOCC2)nc(N2CCOCC2)n1. The van der Waals surface area contributed by atoms with Crippen molar-refractivity contribution in [3.05, 3.63) is 24.0 Å². The first-order chi connectivity index (χ1) is 20.5. The number of halogens is 2. The van der Waals surface area contributed by atoms with Crippen LogP contribution in [0.15, 0.2) is 18.2 Å². The van der Waals surface area contributed by atoms with Crippen molar-refractivity contribution in [3.8, 4) is 5.95 Å². The van der Waals surface area contributed by atoms with Crippen LogP contribution < -0.4 is 14.7 Å². The molecule has 0 unspecified atom stereocenters. The van der Waals surface area contributed by atoms with Gasteiger partial charge < -0.3 is 28.9 Å². The lowest BCUT2D eigenvalue weighted by atomic mass is 10.2. The molecule has 0 bridgehead atoms. The third-order valence-corrected chi connectivity index (χ3v) is 6.95. The Morgan fingerprint density at radius 3 is 1.98 bits per heavy atom. The first-order valence-electron chi connectivity index (χ1n) is 14.4. The lowest BCUT2D eigenvalue weighted by Gasteiger charge is -2.30. The van der Waals surface area contributed by atoms with Crippen LogP contribution in [-0.2, 0) is 14.2 Å². The molecule has 0 spiro atoms. The summed E-state index contributed by atoms with van der Waals surface area (Å²) in [4.78, 5) is 39.1. The van der Waals surface area contributed by atoms with Gasteiger partial charge in [-0.05, 0) is 47.0 Å². The molecule has 0 radical (unpaired) electrons. The Kier molecular flexibility index (Phi) is 9.22. The number of benzene rings is 1. The number of morpholine rings is 2. The maximum atomic E-state index is 14.7. The van der Waals surface area contributed by atoms with Crippen molar-refractivity contribution in [1.82, 2.24) is 29.4 Å². The number of ether oxygens (including phenoxy) is 3. The highest BCUT2D eigenvalue weighted by Crippen LogP contribution is 2.34. The second kappa shape index (κ2) is 12.9. The average Bonchev–Trinajstić information content (AvgIpc) is 3.38. The summed E-state index contributed by atoms with van der Waals surface area (Å²) < 4.78 is 47.4. The van der Waals surface area contributed by atoms with Crippen LogP contribution >= 0.6 is 0 Å². The van der Waals surface area contributed by atoms with Gasteiger partial charge >= 0.3 is 6.09 Å². The summed E-state index contributed by atoms with van der Waals surface area (Å²) in [7, 11) is 3.77. The second-order valence-corrected chi connectivity index (χ2v) is 11.6. The number of nitrogens with zero attached hydrogens (tertiary/aromatic N) is 9. The Balaban J connectivity index is 1.67. The van der Waals surface area contributed by atoms with E-state index >= 15 is 0 Å². The standard InChI is InChI=1S/C28H39F2N9O4/c1-28(2,3)43-27(40)38(10-9-35(4)5)19-7-6-8-20-21(19)31-23(22(29)30)39(20)26-33-24(36-11-15-41-16-12-36)32-25(34-26)37-13-17-42-18-14-37/h6-8,22H,9-18H2,1-5H3. The number of hydrogen-bond acceptors (Lipinski definition) is 11. The Bertz CT molecular complexity index is 1380. The van der Waals surface area contributed by atoms with Crippen molar-refractivity contribution >= 4 is 34.7 Å². The van der Waals surface area contributed by atoms with Crippen LogP contribution in [0.3, 0.4) is 0 Å². The van der Waals surface area contributed by atoms with Gasteiger partial charge in [-0.3, -0.25) is 9.47 Å². The number of rotatable bonds is 8. The molecule has 13 nitrogen and oxygen atoms in total. The zero-order valence-electron chi connectivity index (χ0n) is 25.3. The van der Waals surface area contributed by atoms with Gasteiger partial charge in [0.2, 0.25) is 17.8 Å². The van der Waals surface area contributed by atoms with Crippen LogP contribution in [0, 0.1) is 0 Å². The number of para-hydroxylation sites is 1. The van der Waals surface area contributed by atoms with Crippen LogP contribution in [0.25, 0.3) is 17.0 Å². The molecule has 2 aromatic heterocycles. The molecule has 1 amide bonds. The lowest BCUT2D eigenvalue weighted by molar-refractivity contribution is 0.0578. The van der Waals surface area contributed by atoms with E-state index in [4.69, 9.17) is 19.2 Å². The van der Waals surface area contributed by atoms with Crippen LogP contribution in [0.2, 0.25) is 0 Å². The molecule has 2 saturated heterocycles. The summed E-state index contributed by atoms with van der Waals surface area (Å²) >= 11 is 0. The molecule has 0 N–H and O–H groups in total. The summed E-state index contributed by atoms with van der Waals surface area (Å²) in [6, 6.07) is 5.05. The molecule has 2 aliphatic heterocycles. The normalized spacial score (nSPS) is 16.4. The third-order valence-electron chi connectivity index (χ3n) is 6.95. The number of likely N-dealkylation sites (N-methyl/N-ethyl adjacent to an activating group) is 1. The van der Waals surface area contributed by atoms with Crippen molar-refractivity contribution in [1.29, 1.82) is 0 Å². The van der Waals surface area contributed by atoms with Gasteiger partial charge in [-0.25, -0.2) is 18.6 Å². The maximum absolute atomic E-state index is 14.7. The van der Waals surface area contributed by atoms with E-state index in [-0.39, 0.29) is 18.0 Å². The Hall–Kier alpha value is -3.69. The van der Waals surface area contributed by atoms with Gasteiger partial charge in [-0.2, -0.15) is 15.0 Å². The number of hydrogen-bond donors (Lipinski definition) is 0. The number of amides is 1. The molecule has 0 saturated carbocycles. The van der Waals surface area contributed by atoms with E-state index in [0.717, 1.165) is 0 Å². The van der Waals surface area contributed by atoms with E-state index < -0.39 is 23.9 Å². The summed E-state index contributed by atoms with van der Waals surface area (Å²) in [6.07, 6.45) is -3.55. The van der Waals surface area contributed by atoms with E-state index in [0.29, 0.717) is 82.3 Å². The first kappa shape index (κ1) is 30.8. The predicted octanol–water partition coefficient (Wildman–Crippen LogP) is 3.12. The van der Waals surface area contributed by atoms with Gasteiger partial charge in [0.1, 0.15) is 11.1 Å². The fourth-order valence-corrected chi connectivity index (χ4v) is 4.86. The summed E-state index contributed by atoms with van der Waals surface area (Å²) in [5, 5.41) is 0. The van der Waals surface area contributed by atoms with Crippen LogP contribution in [0.4, 0.5) is 31.2 Å². The number of aromatic nitrogens is 5. The minimum atomic E-state index is -2.95. The summed E-state index contributed by atoms with van der Waals surface area (Å²) in [5.41, 5.74) is 0.137. The van der Waals surface area contributed by atoms with Crippen LogP contribution in [0.5, 0.6) is 0 Å². The zero-order valence-corrected chi connectivity index (χ0v) is 25.3. The molecule has 0 aliphatic carbocycles. The maximum Gasteiger partial charge on any atom is 0.414 e. The van der Waals surface area contributed by atoms with E-state index in [1.807, 2.05) is 28.8 Å². The van der Waals surface area contributed by atoms with Crippen LogP contribution in [-0.4, -0.2) is 121 Å². The van der Waals surface area contributed by atoms with Crippen molar-refractivity contribution in [3.63, 3.8) is 0 Å². The smallest absolute Gasteiger partial charge is 0.414 e. The Morgan fingerprint density at radius 2 is 1.47 bits per heavy atom. The highest BCUT2D eigenvalue weighted by molar-refractivity contribution is 5.99. The largest absolute Gasteiger partial charge is 0.443 e. The molecule has 5 rings (SSSR count). The van der Waals surface area contributed by atoms with Crippen molar-refractivity contribution < 1.29 is 27.8 Å². The summed E-state index contributed by atoms with van der Waals surface area (Å²) in [6.45, 7) is 10.3. The Morgan fingerprint density at radius 1 is 0.907 bits per heavy atom. The second-order valence-electron chi connectivity index (χ2n) is 11.6. The fourth-order valence-electron chi connectivity index (χ4n) is 4.86. The molecule has 2 fully saturated rings. The van der Waals surface area contributed by atoms with Crippen molar-refractivity contribution in [2.45, 2.75) is 32.8 Å². The van der Waals surface area contributed by atoms with Crippen molar-refractivity contribution in [2.75, 3.05) is 94.5 Å². The van der Waals surface area contributed by atoms with E-state index in [1.165, 1.54) is 9.47 Å². The number of alkyl halides is 2. The number of imidazole rings is 1. The van der Waals surface area contributed by atoms with Crippen LogP contribution in [0.1, 0.15) is 33.0 Å². The first-order valence-corrected chi connectivity index (χ1v) is 14.4. The molecule has 1 aromatic carbocycles. The third kappa shape index (κ3) is 7.11. The van der Waals surface area contributed by atoms with Crippen molar-refractivity contribution in [2.24, 2.45) is 0 Å². The van der Waals surface area contributed by atoms with E-state index in [1.54, 1.807) is 39.0 Å². The monoisotopic (exact) mass is 603 g/mol. The van der Waals surface area contributed by atoms with Gasteiger partial charge in [0.15, 0.2) is 5.82 Å². The molecule has 4 heterocycles. The number of carbonyl (C=O) groups is 1. The van der Waals surface area contributed by atoms with E-state index in [9.17, 15) is 13.6 Å². The quantitative estimate of drug-likeness (QED) is 0.378. The highest BCUT2D eigenvalue weighted by Gasteiger charge is 2.30. The molecular weight excluding hydrogens is 564 g/mol. The molecule has 2 aliphatic rings. The number of fused-ring (bicyclic) bond motifs is 1. The average molecular weight is 604 g/mol.